The smallest absolute Gasteiger partial charge is 0.261 e. The lowest BCUT2D eigenvalue weighted by Gasteiger charge is -2.16. The topological polar surface area (TPSA) is 71.3 Å². The predicted octanol–water partition coefficient (Wildman–Crippen LogP) is 3.30. The second kappa shape index (κ2) is 8.23. The van der Waals surface area contributed by atoms with Gasteiger partial charge in [-0.1, -0.05) is 23.7 Å². The molecule has 2 rings (SSSR count). The highest BCUT2D eigenvalue weighted by Crippen LogP contribution is 2.26. The number of carbonyl (C=O) groups is 1. The van der Waals surface area contributed by atoms with Crippen molar-refractivity contribution < 1.29 is 14.3 Å². The molecule has 0 heterocycles. The number of nitrogens with zero attached hydrogens (tertiary/aromatic N) is 1. The van der Waals surface area contributed by atoms with Crippen molar-refractivity contribution in [2.75, 3.05) is 7.11 Å². The number of ether oxygens (including phenoxy) is 2. The zero-order chi connectivity index (χ0) is 17.5. The highest BCUT2D eigenvalue weighted by Gasteiger charge is 2.16. The fourth-order valence-corrected chi connectivity index (χ4v) is 2.21. The minimum Gasteiger partial charge on any atom is -0.497 e. The largest absolute Gasteiger partial charge is 0.497 e. The summed E-state index contributed by atoms with van der Waals surface area (Å²) in [5.74, 6) is 0.867. The number of halogens is 1. The number of carbonyl (C=O) groups excluding carboxylic acids is 1. The van der Waals surface area contributed by atoms with Gasteiger partial charge in [0.1, 0.15) is 11.5 Å². The Kier molecular flexibility index (Phi) is 6.05. The summed E-state index contributed by atoms with van der Waals surface area (Å²) in [7, 11) is 1.60. The molecular weight excluding hydrogens is 328 g/mol. The van der Waals surface area contributed by atoms with Crippen LogP contribution in [0, 0.1) is 11.3 Å². The number of hydrogen-bond donors (Lipinski definition) is 1. The zero-order valence-electron chi connectivity index (χ0n) is 13.4. The van der Waals surface area contributed by atoms with E-state index in [9.17, 15) is 4.79 Å². The summed E-state index contributed by atoms with van der Waals surface area (Å²) >= 11 is 6.04. The quantitative estimate of drug-likeness (QED) is 0.872. The minimum absolute atomic E-state index is 0.258. The van der Waals surface area contributed by atoms with Crippen molar-refractivity contribution in [1.82, 2.24) is 5.32 Å². The molecule has 5 nitrogen and oxygen atoms in total. The number of nitrogens with one attached hydrogen (secondary N) is 1. The molecule has 0 aromatic heterocycles. The number of benzene rings is 2. The number of hydrogen-bond acceptors (Lipinski definition) is 4. The third-order valence-corrected chi connectivity index (χ3v) is 3.66. The molecule has 0 saturated heterocycles. The van der Waals surface area contributed by atoms with Gasteiger partial charge in [-0.25, -0.2) is 0 Å². The number of rotatable bonds is 6. The van der Waals surface area contributed by atoms with E-state index in [1.54, 1.807) is 26.2 Å². The van der Waals surface area contributed by atoms with Crippen molar-refractivity contribution in [3.63, 3.8) is 0 Å². The zero-order valence-corrected chi connectivity index (χ0v) is 14.1. The maximum atomic E-state index is 12.1. The van der Waals surface area contributed by atoms with E-state index in [-0.39, 0.29) is 5.91 Å². The molecular formula is C18H17ClN2O3. The third kappa shape index (κ3) is 4.64. The van der Waals surface area contributed by atoms with Crippen LogP contribution < -0.4 is 14.8 Å². The Morgan fingerprint density at radius 1 is 1.29 bits per heavy atom. The summed E-state index contributed by atoms with van der Waals surface area (Å²) in [6.07, 6.45) is -0.714. The van der Waals surface area contributed by atoms with Gasteiger partial charge in [0.05, 0.1) is 23.8 Å². The van der Waals surface area contributed by atoms with Gasteiger partial charge in [0.15, 0.2) is 6.10 Å². The van der Waals surface area contributed by atoms with E-state index in [0.717, 1.165) is 11.3 Å². The van der Waals surface area contributed by atoms with Crippen LogP contribution in [-0.4, -0.2) is 19.1 Å². The van der Waals surface area contributed by atoms with Crippen LogP contribution in [0.2, 0.25) is 5.02 Å². The van der Waals surface area contributed by atoms with Crippen LogP contribution in [0.3, 0.4) is 0 Å². The van der Waals surface area contributed by atoms with Crippen molar-refractivity contribution in [1.29, 1.82) is 5.26 Å². The van der Waals surface area contributed by atoms with Crippen LogP contribution in [0.25, 0.3) is 0 Å². The average Bonchev–Trinajstić information content (AvgIpc) is 2.61. The molecule has 6 heteroatoms. The SMILES string of the molecule is COc1ccc(CNC(=O)[C@@H](C)Oc2ccc(C#N)cc2Cl)cc1. The van der Waals surface area contributed by atoms with Gasteiger partial charge in [-0.2, -0.15) is 5.26 Å². The summed E-state index contributed by atoms with van der Waals surface area (Å²) < 4.78 is 10.6. The van der Waals surface area contributed by atoms with Gasteiger partial charge in [-0.15, -0.1) is 0 Å². The van der Waals surface area contributed by atoms with Crippen LogP contribution in [-0.2, 0) is 11.3 Å². The molecule has 0 radical (unpaired) electrons. The maximum absolute atomic E-state index is 12.1. The molecule has 0 bridgehead atoms. The van der Waals surface area contributed by atoms with E-state index in [0.29, 0.717) is 22.9 Å². The number of nitriles is 1. The molecule has 1 amide bonds. The molecule has 124 valence electrons. The molecule has 1 N–H and O–H groups in total. The Bertz CT molecular complexity index is 754. The molecule has 2 aromatic rings. The van der Waals surface area contributed by atoms with Gasteiger partial charge in [0, 0.05) is 6.54 Å². The first-order valence-electron chi connectivity index (χ1n) is 7.30. The first kappa shape index (κ1) is 17.6. The van der Waals surface area contributed by atoms with E-state index in [1.807, 2.05) is 30.3 Å². The van der Waals surface area contributed by atoms with Gasteiger partial charge < -0.3 is 14.8 Å². The first-order chi connectivity index (χ1) is 11.5. The second-order valence-electron chi connectivity index (χ2n) is 5.08. The fraction of sp³-hybridized carbons (Fsp3) is 0.222. The van der Waals surface area contributed by atoms with Crippen molar-refractivity contribution >= 4 is 17.5 Å². The van der Waals surface area contributed by atoms with Crippen LogP contribution in [0.1, 0.15) is 18.1 Å². The van der Waals surface area contributed by atoms with Crippen molar-refractivity contribution in [2.24, 2.45) is 0 Å². The van der Waals surface area contributed by atoms with E-state index in [2.05, 4.69) is 5.32 Å². The van der Waals surface area contributed by atoms with Gasteiger partial charge in [-0.3, -0.25) is 4.79 Å². The van der Waals surface area contributed by atoms with Crippen LogP contribution in [0.5, 0.6) is 11.5 Å². The highest BCUT2D eigenvalue weighted by molar-refractivity contribution is 6.32. The Labute approximate surface area is 145 Å². The number of amides is 1. The van der Waals surface area contributed by atoms with E-state index < -0.39 is 6.10 Å². The van der Waals surface area contributed by atoms with Crippen molar-refractivity contribution in [3.8, 4) is 17.6 Å². The Hall–Kier alpha value is -2.71. The minimum atomic E-state index is -0.714. The van der Waals surface area contributed by atoms with E-state index in [4.69, 9.17) is 26.3 Å². The molecule has 0 aliphatic carbocycles. The molecule has 1 atom stereocenters. The molecule has 0 unspecified atom stereocenters. The Morgan fingerprint density at radius 3 is 2.58 bits per heavy atom. The first-order valence-corrected chi connectivity index (χ1v) is 7.68. The second-order valence-corrected chi connectivity index (χ2v) is 5.49. The molecule has 0 spiro atoms. The summed E-state index contributed by atoms with van der Waals surface area (Å²) in [5.41, 5.74) is 1.39. The summed E-state index contributed by atoms with van der Waals surface area (Å²) in [4.78, 5) is 12.1. The molecule has 0 fully saturated rings. The van der Waals surface area contributed by atoms with Crippen LogP contribution >= 0.6 is 11.6 Å². The van der Waals surface area contributed by atoms with Gasteiger partial charge in [0.2, 0.25) is 0 Å². The Morgan fingerprint density at radius 2 is 2.00 bits per heavy atom. The van der Waals surface area contributed by atoms with Gasteiger partial charge in [0.25, 0.3) is 5.91 Å². The van der Waals surface area contributed by atoms with E-state index >= 15 is 0 Å². The summed E-state index contributed by atoms with van der Waals surface area (Å²) in [6, 6.07) is 14.1. The average molecular weight is 345 g/mol. The van der Waals surface area contributed by atoms with Crippen LogP contribution in [0.15, 0.2) is 42.5 Å². The van der Waals surface area contributed by atoms with Gasteiger partial charge >= 0.3 is 0 Å². The standard InChI is InChI=1S/C18H17ClN2O3/c1-12(24-17-8-5-14(10-20)9-16(17)19)18(22)21-11-13-3-6-15(23-2)7-4-13/h3-9,12H,11H2,1-2H3,(H,21,22)/t12-/m1/s1. The maximum Gasteiger partial charge on any atom is 0.261 e. The monoisotopic (exact) mass is 344 g/mol. The molecule has 2 aromatic carbocycles. The van der Waals surface area contributed by atoms with Gasteiger partial charge in [-0.05, 0) is 42.8 Å². The lowest BCUT2D eigenvalue weighted by molar-refractivity contribution is -0.127. The summed E-state index contributed by atoms with van der Waals surface area (Å²) in [6.45, 7) is 2.02. The molecule has 0 aliphatic rings. The predicted molar refractivity (Wildman–Crippen MR) is 91.1 cm³/mol. The lowest BCUT2D eigenvalue weighted by atomic mass is 10.2. The van der Waals surface area contributed by atoms with Crippen LogP contribution in [0.4, 0.5) is 0 Å². The number of methoxy groups -OCH3 is 1. The third-order valence-electron chi connectivity index (χ3n) is 3.36. The molecule has 0 aliphatic heterocycles. The fourth-order valence-electron chi connectivity index (χ4n) is 1.99. The highest BCUT2D eigenvalue weighted by atomic mass is 35.5. The van der Waals surface area contributed by atoms with Crippen molar-refractivity contribution in [2.45, 2.75) is 19.6 Å². The van der Waals surface area contributed by atoms with E-state index in [1.165, 1.54) is 6.07 Å². The molecule has 24 heavy (non-hydrogen) atoms. The molecule has 0 saturated carbocycles. The Balaban J connectivity index is 1.91. The summed E-state index contributed by atoms with van der Waals surface area (Å²) in [5, 5.41) is 11.9. The van der Waals surface area contributed by atoms with Crippen molar-refractivity contribution in [3.05, 3.63) is 58.6 Å². The lowest BCUT2D eigenvalue weighted by Crippen LogP contribution is -2.35. The normalized spacial score (nSPS) is 11.2.